The van der Waals surface area contributed by atoms with Crippen LogP contribution in [-0.2, 0) is 19.4 Å². The molecule has 0 bridgehead atoms. The van der Waals surface area contributed by atoms with Crippen LogP contribution in [0.2, 0.25) is 0 Å². The van der Waals surface area contributed by atoms with Crippen LogP contribution in [0.3, 0.4) is 0 Å². The summed E-state index contributed by atoms with van der Waals surface area (Å²) in [5.74, 6) is 0.313. The molecule has 102 valence electrons. The third-order valence-electron chi connectivity index (χ3n) is 3.20. The van der Waals surface area contributed by atoms with Crippen LogP contribution in [0, 0.1) is 0 Å². The Morgan fingerprint density at radius 1 is 1.26 bits per heavy atom. The van der Waals surface area contributed by atoms with Crippen molar-refractivity contribution in [1.29, 1.82) is 0 Å². The molecule has 0 saturated heterocycles. The predicted molar refractivity (Wildman–Crippen MR) is 74.5 cm³/mol. The molecule has 0 aliphatic heterocycles. The Morgan fingerprint density at radius 2 is 2.00 bits per heavy atom. The number of nitrogens with zero attached hydrogens (tertiary/aromatic N) is 4. The first kappa shape index (κ1) is 13.3. The monoisotopic (exact) mass is 261 g/mol. The minimum atomic E-state index is -0.148. The van der Waals surface area contributed by atoms with Gasteiger partial charge in [0.05, 0.1) is 17.1 Å². The minimum absolute atomic E-state index is 0.148. The number of aryl methyl sites for hydroxylation is 2. The smallest absolute Gasteiger partial charge is 0.295 e. The van der Waals surface area contributed by atoms with Gasteiger partial charge in [0.2, 0.25) is 5.82 Å². The average molecular weight is 261 g/mol. The Kier molecular flexibility index (Phi) is 3.69. The zero-order chi connectivity index (χ0) is 14.0. The maximum Gasteiger partial charge on any atom is 0.295 e. The lowest BCUT2D eigenvalue weighted by Crippen LogP contribution is -2.26. The molecule has 2 aromatic heterocycles. The third kappa shape index (κ3) is 2.14. The topological polar surface area (TPSA) is 78.7 Å². The van der Waals surface area contributed by atoms with E-state index < -0.39 is 0 Å². The van der Waals surface area contributed by atoms with Crippen LogP contribution in [0.25, 0.3) is 5.82 Å². The fourth-order valence-corrected chi connectivity index (χ4v) is 2.12. The van der Waals surface area contributed by atoms with Gasteiger partial charge in [0.15, 0.2) is 0 Å². The summed E-state index contributed by atoms with van der Waals surface area (Å²) in [7, 11) is 0. The zero-order valence-corrected chi connectivity index (χ0v) is 11.6. The van der Waals surface area contributed by atoms with E-state index in [-0.39, 0.29) is 5.56 Å². The molecule has 0 saturated carbocycles. The highest BCUT2D eigenvalue weighted by Crippen LogP contribution is 2.20. The molecule has 2 aromatic rings. The summed E-state index contributed by atoms with van der Waals surface area (Å²) in [6.07, 6.45) is 4.73. The Balaban J connectivity index is 2.69. The highest BCUT2D eigenvalue weighted by atomic mass is 16.1. The molecule has 6 nitrogen and oxygen atoms in total. The number of anilines is 1. The van der Waals surface area contributed by atoms with Crippen molar-refractivity contribution in [3.8, 4) is 5.82 Å². The van der Waals surface area contributed by atoms with E-state index in [2.05, 4.69) is 10.1 Å². The quantitative estimate of drug-likeness (QED) is 0.895. The fourth-order valence-electron chi connectivity index (χ4n) is 2.12. The average Bonchev–Trinajstić information content (AvgIpc) is 2.75. The first-order valence-corrected chi connectivity index (χ1v) is 6.56. The summed E-state index contributed by atoms with van der Waals surface area (Å²) in [5.41, 5.74) is 8.23. The minimum Gasteiger partial charge on any atom is -0.396 e. The van der Waals surface area contributed by atoms with Gasteiger partial charge in [-0.15, -0.1) is 0 Å². The van der Waals surface area contributed by atoms with E-state index in [1.807, 2.05) is 20.8 Å². The molecular weight excluding hydrogens is 242 g/mol. The van der Waals surface area contributed by atoms with Crippen molar-refractivity contribution < 1.29 is 0 Å². The predicted octanol–water partition coefficient (Wildman–Crippen LogP) is 1.16. The van der Waals surface area contributed by atoms with Gasteiger partial charge < -0.3 is 10.3 Å². The van der Waals surface area contributed by atoms with Crippen LogP contribution in [0.5, 0.6) is 0 Å². The lowest BCUT2D eigenvalue weighted by atomic mass is 10.2. The number of nitrogen functional groups attached to an aromatic ring is 1. The molecular formula is C13H19N5O. The number of nitrogens with two attached hydrogens (primary N) is 1. The summed E-state index contributed by atoms with van der Waals surface area (Å²) in [6.45, 7) is 6.50. The standard InChI is InChI=1S/C13H19N5O/c1-4-9-11(14)10(5-2)18(16-9)12-13(19)17(6-3)8-7-15-12/h7-8H,4-6,14H2,1-3H3. The van der Waals surface area contributed by atoms with Crippen LogP contribution in [-0.4, -0.2) is 19.3 Å². The summed E-state index contributed by atoms with van der Waals surface area (Å²) in [4.78, 5) is 16.4. The first-order chi connectivity index (χ1) is 9.13. The van der Waals surface area contributed by atoms with E-state index in [4.69, 9.17) is 5.73 Å². The Bertz CT molecular complexity index is 641. The highest BCUT2D eigenvalue weighted by Gasteiger charge is 2.17. The van der Waals surface area contributed by atoms with E-state index in [1.165, 1.54) is 0 Å². The number of hydrogen-bond acceptors (Lipinski definition) is 4. The van der Waals surface area contributed by atoms with Gasteiger partial charge >= 0.3 is 0 Å². The summed E-state index contributed by atoms with van der Waals surface area (Å²) >= 11 is 0. The molecule has 0 radical (unpaired) electrons. The van der Waals surface area contributed by atoms with Crippen LogP contribution in [0.4, 0.5) is 5.69 Å². The molecule has 0 amide bonds. The zero-order valence-electron chi connectivity index (χ0n) is 11.6. The van der Waals surface area contributed by atoms with Crippen molar-refractivity contribution in [3.63, 3.8) is 0 Å². The number of aromatic nitrogens is 4. The van der Waals surface area contributed by atoms with E-state index in [0.717, 1.165) is 17.8 Å². The van der Waals surface area contributed by atoms with Crippen molar-refractivity contribution in [1.82, 2.24) is 19.3 Å². The Hall–Kier alpha value is -2.11. The summed E-state index contributed by atoms with van der Waals surface area (Å²) < 4.78 is 3.19. The molecule has 2 heterocycles. The van der Waals surface area contributed by atoms with E-state index >= 15 is 0 Å². The maximum atomic E-state index is 12.3. The second-order valence-corrected chi connectivity index (χ2v) is 4.27. The van der Waals surface area contributed by atoms with Crippen molar-refractivity contribution in [3.05, 3.63) is 34.1 Å². The van der Waals surface area contributed by atoms with Crippen LogP contribution in [0.15, 0.2) is 17.2 Å². The van der Waals surface area contributed by atoms with Crippen molar-refractivity contribution in [2.45, 2.75) is 40.2 Å². The molecule has 0 aliphatic rings. The molecule has 0 aromatic carbocycles. The van der Waals surface area contributed by atoms with Gasteiger partial charge in [-0.1, -0.05) is 13.8 Å². The van der Waals surface area contributed by atoms with E-state index in [0.29, 0.717) is 24.5 Å². The molecule has 19 heavy (non-hydrogen) atoms. The molecule has 6 heteroatoms. The van der Waals surface area contributed by atoms with Crippen molar-refractivity contribution in [2.75, 3.05) is 5.73 Å². The lowest BCUT2D eigenvalue weighted by Gasteiger charge is -2.07. The second-order valence-electron chi connectivity index (χ2n) is 4.27. The second kappa shape index (κ2) is 5.26. The third-order valence-corrected chi connectivity index (χ3v) is 3.20. The maximum absolute atomic E-state index is 12.3. The fraction of sp³-hybridized carbons (Fsp3) is 0.462. The normalized spacial score (nSPS) is 10.9. The van der Waals surface area contributed by atoms with Crippen LogP contribution < -0.4 is 11.3 Å². The van der Waals surface area contributed by atoms with Crippen LogP contribution >= 0.6 is 0 Å². The number of rotatable bonds is 4. The van der Waals surface area contributed by atoms with E-state index in [9.17, 15) is 4.79 Å². The Labute approximate surface area is 111 Å². The molecule has 0 aliphatic carbocycles. The largest absolute Gasteiger partial charge is 0.396 e. The van der Waals surface area contributed by atoms with Crippen molar-refractivity contribution in [2.24, 2.45) is 0 Å². The first-order valence-electron chi connectivity index (χ1n) is 6.56. The van der Waals surface area contributed by atoms with Gasteiger partial charge in [-0.25, -0.2) is 9.67 Å². The van der Waals surface area contributed by atoms with Gasteiger partial charge in [0, 0.05) is 18.9 Å². The summed E-state index contributed by atoms with van der Waals surface area (Å²) in [6, 6.07) is 0. The molecule has 0 atom stereocenters. The van der Waals surface area contributed by atoms with Gasteiger partial charge in [-0.3, -0.25) is 4.79 Å². The van der Waals surface area contributed by atoms with Gasteiger partial charge in [-0.2, -0.15) is 5.10 Å². The van der Waals surface area contributed by atoms with Gasteiger partial charge in [0.1, 0.15) is 0 Å². The SMILES string of the molecule is CCc1nn(-c2nccn(CC)c2=O)c(CC)c1N. The molecule has 2 rings (SSSR count). The van der Waals surface area contributed by atoms with Crippen molar-refractivity contribution >= 4 is 5.69 Å². The molecule has 0 spiro atoms. The summed E-state index contributed by atoms with van der Waals surface area (Å²) in [5, 5.41) is 4.42. The van der Waals surface area contributed by atoms with Gasteiger partial charge in [0.25, 0.3) is 5.56 Å². The van der Waals surface area contributed by atoms with Gasteiger partial charge in [-0.05, 0) is 19.8 Å². The molecule has 0 fully saturated rings. The number of hydrogen-bond donors (Lipinski definition) is 1. The van der Waals surface area contributed by atoms with Crippen LogP contribution in [0.1, 0.15) is 32.2 Å². The molecule has 0 unspecified atom stereocenters. The van der Waals surface area contributed by atoms with E-state index in [1.54, 1.807) is 21.6 Å². The lowest BCUT2D eigenvalue weighted by molar-refractivity contribution is 0.681. The molecule has 2 N–H and O–H groups in total. The highest BCUT2D eigenvalue weighted by molar-refractivity contribution is 5.50. The Morgan fingerprint density at radius 3 is 2.58 bits per heavy atom.